The first-order chi connectivity index (χ1) is 9.33. The fourth-order valence-corrected chi connectivity index (χ4v) is 2.36. The second kappa shape index (κ2) is 5.16. The molecular formula is C17H15NO. The van der Waals surface area contributed by atoms with Crippen molar-refractivity contribution < 1.29 is 4.79 Å². The molecule has 0 atom stereocenters. The van der Waals surface area contributed by atoms with E-state index in [0.717, 1.165) is 23.9 Å². The van der Waals surface area contributed by atoms with Crippen molar-refractivity contribution in [2.24, 2.45) is 0 Å². The zero-order chi connectivity index (χ0) is 13.1. The van der Waals surface area contributed by atoms with Gasteiger partial charge < -0.3 is 4.90 Å². The van der Waals surface area contributed by atoms with Gasteiger partial charge in [0, 0.05) is 24.7 Å². The molecule has 1 aliphatic rings. The number of hydrogen-bond donors (Lipinski definition) is 0. The molecule has 1 fully saturated rings. The summed E-state index contributed by atoms with van der Waals surface area (Å²) >= 11 is 0. The molecule has 0 aliphatic carbocycles. The van der Waals surface area contributed by atoms with Crippen LogP contribution in [0.3, 0.4) is 0 Å². The largest absolute Gasteiger partial charge is 0.332 e. The maximum absolute atomic E-state index is 12.0. The smallest absolute Gasteiger partial charge is 0.237 e. The number of Topliss-reactive ketones (excluding diaryl/α,β-unsaturated/α-hetero) is 1. The maximum atomic E-state index is 12.0. The highest BCUT2D eigenvalue weighted by Crippen LogP contribution is 2.15. The molecule has 1 saturated heterocycles. The van der Waals surface area contributed by atoms with Crippen LogP contribution in [0.15, 0.2) is 42.5 Å². The fraction of sp³-hybridized carbons (Fsp3) is 0.235. The van der Waals surface area contributed by atoms with Crippen LogP contribution in [0.5, 0.6) is 0 Å². The van der Waals surface area contributed by atoms with E-state index in [4.69, 9.17) is 0 Å². The van der Waals surface area contributed by atoms with Crippen molar-refractivity contribution in [3.63, 3.8) is 0 Å². The molecule has 0 unspecified atom stereocenters. The normalized spacial score (nSPS) is 14.2. The standard InChI is InChI=1S/C17H15NO/c19-17(9-12-18-10-3-4-11-18)16-8-7-14-5-1-2-6-15(14)13-16/h1-2,5-8,13H,3-4,10-11H2. The third-order valence-electron chi connectivity index (χ3n) is 3.45. The van der Waals surface area contributed by atoms with Crippen molar-refractivity contribution in [1.82, 2.24) is 4.90 Å². The van der Waals surface area contributed by atoms with Crippen LogP contribution in [0.1, 0.15) is 23.2 Å². The van der Waals surface area contributed by atoms with Gasteiger partial charge in [-0.25, -0.2) is 0 Å². The summed E-state index contributed by atoms with van der Waals surface area (Å²) < 4.78 is 0. The predicted octanol–water partition coefficient (Wildman–Crippen LogP) is 3.08. The molecule has 2 heteroatoms. The average molecular weight is 249 g/mol. The molecule has 0 N–H and O–H groups in total. The number of carbonyl (C=O) groups is 1. The van der Waals surface area contributed by atoms with Gasteiger partial charge >= 0.3 is 0 Å². The van der Waals surface area contributed by atoms with E-state index in [-0.39, 0.29) is 5.78 Å². The molecule has 0 aromatic heterocycles. The van der Waals surface area contributed by atoms with Crippen LogP contribution >= 0.6 is 0 Å². The monoisotopic (exact) mass is 249 g/mol. The lowest BCUT2D eigenvalue weighted by molar-refractivity contribution is 0.105. The maximum Gasteiger partial charge on any atom is 0.237 e. The van der Waals surface area contributed by atoms with Crippen LogP contribution in [0.25, 0.3) is 10.8 Å². The number of fused-ring (bicyclic) bond motifs is 1. The summed E-state index contributed by atoms with van der Waals surface area (Å²) in [6.45, 7) is 1.97. The van der Waals surface area contributed by atoms with Crippen LogP contribution < -0.4 is 0 Å². The van der Waals surface area contributed by atoms with Gasteiger partial charge in [0.25, 0.3) is 0 Å². The summed E-state index contributed by atoms with van der Waals surface area (Å²) in [5, 5.41) is 2.22. The Kier molecular flexibility index (Phi) is 3.20. The fourth-order valence-electron chi connectivity index (χ4n) is 2.36. The van der Waals surface area contributed by atoms with Gasteiger partial charge in [0.05, 0.1) is 0 Å². The molecule has 2 aromatic carbocycles. The SMILES string of the molecule is O=C(C#CN1CCCC1)c1ccc2ccccc2c1. The minimum Gasteiger partial charge on any atom is -0.332 e. The molecule has 0 saturated carbocycles. The summed E-state index contributed by atoms with van der Waals surface area (Å²) in [5.74, 6) is 2.64. The first kappa shape index (κ1) is 11.8. The van der Waals surface area contributed by atoms with Crippen LogP contribution in [-0.4, -0.2) is 23.8 Å². The Morgan fingerprint density at radius 3 is 2.53 bits per heavy atom. The van der Waals surface area contributed by atoms with Crippen molar-refractivity contribution >= 4 is 16.6 Å². The first-order valence-electron chi connectivity index (χ1n) is 6.63. The Bertz CT molecular complexity index is 672. The second-order valence-corrected chi connectivity index (χ2v) is 4.82. The zero-order valence-corrected chi connectivity index (χ0v) is 10.7. The van der Waals surface area contributed by atoms with Crippen molar-refractivity contribution in [2.45, 2.75) is 12.8 Å². The van der Waals surface area contributed by atoms with Gasteiger partial charge in [-0.1, -0.05) is 30.3 Å². The number of ketones is 1. The number of benzene rings is 2. The van der Waals surface area contributed by atoms with Gasteiger partial charge in [0.1, 0.15) is 0 Å². The van der Waals surface area contributed by atoms with E-state index in [2.05, 4.69) is 12.0 Å². The lowest BCUT2D eigenvalue weighted by Gasteiger charge is -2.05. The third kappa shape index (κ3) is 2.61. The van der Waals surface area contributed by atoms with Gasteiger partial charge in [-0.15, -0.1) is 0 Å². The zero-order valence-electron chi connectivity index (χ0n) is 10.7. The Morgan fingerprint density at radius 1 is 1.00 bits per heavy atom. The van der Waals surface area contributed by atoms with Crippen LogP contribution in [0, 0.1) is 12.0 Å². The lowest BCUT2D eigenvalue weighted by atomic mass is 10.0. The quantitative estimate of drug-likeness (QED) is 0.572. The van der Waals surface area contributed by atoms with Gasteiger partial charge in [0.2, 0.25) is 5.78 Å². The Labute approximate surface area is 113 Å². The van der Waals surface area contributed by atoms with E-state index < -0.39 is 0 Å². The molecule has 0 spiro atoms. The highest BCUT2D eigenvalue weighted by molar-refractivity contribution is 6.10. The predicted molar refractivity (Wildman–Crippen MR) is 76.9 cm³/mol. The minimum atomic E-state index is -0.0994. The molecule has 0 amide bonds. The van der Waals surface area contributed by atoms with Gasteiger partial charge in [0.15, 0.2) is 0 Å². The van der Waals surface area contributed by atoms with Crippen molar-refractivity contribution in [1.29, 1.82) is 0 Å². The molecule has 1 heterocycles. The van der Waals surface area contributed by atoms with Crippen molar-refractivity contribution in [3.8, 4) is 12.0 Å². The summed E-state index contributed by atoms with van der Waals surface area (Å²) in [5.41, 5.74) is 0.672. The summed E-state index contributed by atoms with van der Waals surface area (Å²) in [7, 11) is 0. The number of carbonyl (C=O) groups excluding carboxylic acids is 1. The van der Waals surface area contributed by atoms with E-state index in [1.54, 1.807) is 0 Å². The van der Waals surface area contributed by atoms with Crippen LogP contribution in [0.4, 0.5) is 0 Å². The highest BCUT2D eigenvalue weighted by atomic mass is 16.1. The molecule has 94 valence electrons. The number of likely N-dealkylation sites (tertiary alicyclic amines) is 1. The molecule has 1 aliphatic heterocycles. The second-order valence-electron chi connectivity index (χ2n) is 4.82. The summed E-state index contributed by atoms with van der Waals surface area (Å²) in [6.07, 6.45) is 2.36. The summed E-state index contributed by atoms with van der Waals surface area (Å²) in [6, 6.07) is 16.7. The molecule has 0 bridgehead atoms. The average Bonchev–Trinajstić information content (AvgIpc) is 2.97. The van der Waals surface area contributed by atoms with E-state index in [0.29, 0.717) is 5.56 Å². The topological polar surface area (TPSA) is 20.3 Å². The molecule has 2 aromatic rings. The molecule has 19 heavy (non-hydrogen) atoms. The Morgan fingerprint density at radius 2 is 1.74 bits per heavy atom. The summed E-state index contributed by atoms with van der Waals surface area (Å²) in [4.78, 5) is 14.1. The third-order valence-corrected chi connectivity index (χ3v) is 3.45. The molecule has 0 radical (unpaired) electrons. The van der Waals surface area contributed by atoms with Crippen LogP contribution in [-0.2, 0) is 0 Å². The van der Waals surface area contributed by atoms with Gasteiger partial charge in [-0.05, 0) is 41.7 Å². The lowest BCUT2D eigenvalue weighted by Crippen LogP contribution is -2.12. The molecule has 2 nitrogen and oxygen atoms in total. The highest BCUT2D eigenvalue weighted by Gasteiger charge is 2.08. The van der Waals surface area contributed by atoms with E-state index in [1.807, 2.05) is 47.4 Å². The van der Waals surface area contributed by atoms with Gasteiger partial charge in [-0.2, -0.15) is 0 Å². The number of rotatable bonds is 1. The number of hydrogen-bond acceptors (Lipinski definition) is 2. The van der Waals surface area contributed by atoms with Crippen LogP contribution in [0.2, 0.25) is 0 Å². The molecule has 3 rings (SSSR count). The number of nitrogens with zero attached hydrogens (tertiary/aromatic N) is 1. The van der Waals surface area contributed by atoms with Crippen molar-refractivity contribution in [2.75, 3.05) is 13.1 Å². The Balaban J connectivity index is 1.84. The minimum absolute atomic E-state index is 0.0994. The first-order valence-corrected chi connectivity index (χ1v) is 6.63. The van der Waals surface area contributed by atoms with E-state index in [9.17, 15) is 4.79 Å². The van der Waals surface area contributed by atoms with E-state index in [1.165, 1.54) is 12.8 Å². The van der Waals surface area contributed by atoms with E-state index >= 15 is 0 Å². The Hall–Kier alpha value is -2.27. The molecular weight excluding hydrogens is 234 g/mol. The van der Waals surface area contributed by atoms with Crippen molar-refractivity contribution in [3.05, 3.63) is 48.0 Å². The van der Waals surface area contributed by atoms with Gasteiger partial charge in [-0.3, -0.25) is 4.79 Å².